The Balaban J connectivity index is 0.00000338. The van der Waals surface area contributed by atoms with Gasteiger partial charge in [-0.05, 0) is 65.8 Å². The lowest BCUT2D eigenvalue weighted by atomic mass is 10.1. The zero-order valence-corrected chi connectivity index (χ0v) is 19.1. The van der Waals surface area contributed by atoms with Crippen molar-refractivity contribution in [3.8, 4) is 0 Å². The van der Waals surface area contributed by atoms with E-state index in [2.05, 4.69) is 33.5 Å². The molecular weight excluding hydrogens is 443 g/mol. The Labute approximate surface area is 175 Å². The highest BCUT2D eigenvalue weighted by molar-refractivity contribution is 14.0. The zero-order valence-electron chi connectivity index (χ0n) is 16.8. The standard InChI is InChI=1S/C19H34N4O2.HI/c1-6-20-18(22-14-19(3,4)24-5)21-13-16(23-11-7-8-12-23)17-10-9-15(2)25-17;/h9-10,16H,6-8,11-14H2,1-5H3,(H2,20,21,22);1H. The van der Waals surface area contributed by atoms with E-state index in [1.807, 2.05) is 26.8 Å². The number of hydrogen-bond acceptors (Lipinski definition) is 4. The minimum atomic E-state index is -0.269. The summed E-state index contributed by atoms with van der Waals surface area (Å²) < 4.78 is 11.4. The van der Waals surface area contributed by atoms with Gasteiger partial charge in [-0.3, -0.25) is 9.89 Å². The maximum absolute atomic E-state index is 5.92. The van der Waals surface area contributed by atoms with Gasteiger partial charge in [-0.2, -0.15) is 0 Å². The number of furan rings is 1. The van der Waals surface area contributed by atoms with Crippen LogP contribution in [0.25, 0.3) is 0 Å². The Kier molecular flexibility index (Phi) is 9.95. The normalized spacial score (nSPS) is 17.0. The van der Waals surface area contributed by atoms with Crippen molar-refractivity contribution in [2.75, 3.05) is 39.8 Å². The molecule has 2 heterocycles. The van der Waals surface area contributed by atoms with E-state index in [0.29, 0.717) is 6.54 Å². The summed E-state index contributed by atoms with van der Waals surface area (Å²) >= 11 is 0. The molecule has 0 spiro atoms. The number of ether oxygens (including phenoxy) is 1. The van der Waals surface area contributed by atoms with Crippen LogP contribution < -0.4 is 10.6 Å². The summed E-state index contributed by atoms with van der Waals surface area (Å²) in [6, 6.07) is 4.37. The summed E-state index contributed by atoms with van der Waals surface area (Å²) in [4.78, 5) is 7.17. The van der Waals surface area contributed by atoms with Crippen molar-refractivity contribution in [2.24, 2.45) is 4.99 Å². The first kappa shape index (κ1) is 23.2. The highest BCUT2D eigenvalue weighted by atomic mass is 127. The minimum Gasteiger partial charge on any atom is -0.465 e. The molecular formula is C19H35IN4O2. The van der Waals surface area contributed by atoms with Crippen molar-refractivity contribution < 1.29 is 9.15 Å². The average Bonchev–Trinajstić information content (AvgIpc) is 3.25. The van der Waals surface area contributed by atoms with Gasteiger partial charge in [0, 0.05) is 20.2 Å². The van der Waals surface area contributed by atoms with Crippen LogP contribution in [0.1, 0.15) is 51.2 Å². The first-order valence-electron chi connectivity index (χ1n) is 9.33. The molecule has 6 nitrogen and oxygen atoms in total. The van der Waals surface area contributed by atoms with E-state index in [9.17, 15) is 0 Å². The van der Waals surface area contributed by atoms with E-state index < -0.39 is 0 Å². The number of hydrogen-bond donors (Lipinski definition) is 2. The Morgan fingerprint density at radius 2 is 2.00 bits per heavy atom. The molecule has 1 fully saturated rings. The van der Waals surface area contributed by atoms with Crippen molar-refractivity contribution in [3.63, 3.8) is 0 Å². The third-order valence-electron chi connectivity index (χ3n) is 4.65. The first-order valence-corrected chi connectivity index (χ1v) is 9.33. The van der Waals surface area contributed by atoms with Crippen molar-refractivity contribution in [1.29, 1.82) is 0 Å². The molecule has 1 aliphatic rings. The number of methoxy groups -OCH3 is 1. The van der Waals surface area contributed by atoms with Gasteiger partial charge in [0.05, 0.1) is 18.2 Å². The van der Waals surface area contributed by atoms with Crippen molar-refractivity contribution >= 4 is 29.9 Å². The van der Waals surface area contributed by atoms with E-state index in [1.165, 1.54) is 12.8 Å². The molecule has 0 bridgehead atoms. The number of rotatable bonds is 8. The Hall–Kier alpha value is -0.800. The maximum Gasteiger partial charge on any atom is 0.191 e. The molecule has 26 heavy (non-hydrogen) atoms. The molecule has 0 radical (unpaired) electrons. The van der Waals surface area contributed by atoms with E-state index in [1.54, 1.807) is 7.11 Å². The number of aliphatic imine (C=N–C) groups is 1. The van der Waals surface area contributed by atoms with E-state index in [4.69, 9.17) is 9.15 Å². The third-order valence-corrected chi connectivity index (χ3v) is 4.65. The van der Waals surface area contributed by atoms with E-state index >= 15 is 0 Å². The number of nitrogens with zero attached hydrogens (tertiary/aromatic N) is 2. The maximum atomic E-state index is 5.92. The average molecular weight is 478 g/mol. The number of halogens is 1. The van der Waals surface area contributed by atoms with Crippen molar-refractivity contribution in [3.05, 3.63) is 23.7 Å². The largest absolute Gasteiger partial charge is 0.465 e. The molecule has 1 aliphatic heterocycles. The summed E-state index contributed by atoms with van der Waals surface area (Å²) in [5.41, 5.74) is -0.269. The Morgan fingerprint density at radius 1 is 1.31 bits per heavy atom. The fourth-order valence-corrected chi connectivity index (χ4v) is 2.96. The van der Waals surface area contributed by atoms with Crippen LogP contribution in [0, 0.1) is 6.92 Å². The molecule has 2 rings (SSSR count). The van der Waals surface area contributed by atoms with Gasteiger partial charge in [0.25, 0.3) is 0 Å². The second kappa shape index (κ2) is 11.1. The molecule has 0 saturated carbocycles. The summed E-state index contributed by atoms with van der Waals surface area (Å²) in [6.45, 7) is 12.6. The lowest BCUT2D eigenvalue weighted by Crippen LogP contribution is -2.43. The smallest absolute Gasteiger partial charge is 0.191 e. The minimum absolute atomic E-state index is 0. The number of aryl methyl sites for hydroxylation is 1. The van der Waals surface area contributed by atoms with Crippen LogP contribution in [0.2, 0.25) is 0 Å². The van der Waals surface area contributed by atoms with Gasteiger partial charge in [-0.25, -0.2) is 0 Å². The molecule has 0 aromatic carbocycles. The fourth-order valence-electron chi connectivity index (χ4n) is 2.96. The monoisotopic (exact) mass is 478 g/mol. The highest BCUT2D eigenvalue weighted by Crippen LogP contribution is 2.26. The molecule has 1 aromatic rings. The van der Waals surface area contributed by atoms with Crippen LogP contribution in [0.3, 0.4) is 0 Å². The summed E-state index contributed by atoms with van der Waals surface area (Å²) in [5.74, 6) is 2.81. The molecule has 0 aliphatic carbocycles. The van der Waals surface area contributed by atoms with Gasteiger partial charge < -0.3 is 19.8 Å². The Bertz CT molecular complexity index is 553. The Morgan fingerprint density at radius 3 is 2.54 bits per heavy atom. The summed E-state index contributed by atoms with van der Waals surface area (Å²) in [6.07, 6.45) is 2.51. The topological polar surface area (TPSA) is 62.0 Å². The molecule has 1 unspecified atom stereocenters. The quantitative estimate of drug-likeness (QED) is 0.341. The predicted octanol–water partition coefficient (Wildman–Crippen LogP) is 3.32. The first-order chi connectivity index (χ1) is 11.9. The molecule has 7 heteroatoms. The highest BCUT2D eigenvalue weighted by Gasteiger charge is 2.26. The van der Waals surface area contributed by atoms with Gasteiger partial charge in [-0.1, -0.05) is 0 Å². The van der Waals surface area contributed by atoms with Crippen molar-refractivity contribution in [1.82, 2.24) is 15.5 Å². The number of guanidine groups is 1. The van der Waals surface area contributed by atoms with E-state index in [-0.39, 0.29) is 35.6 Å². The van der Waals surface area contributed by atoms with Crippen LogP contribution in [-0.4, -0.2) is 56.3 Å². The van der Waals surface area contributed by atoms with Gasteiger partial charge >= 0.3 is 0 Å². The molecule has 0 amide bonds. The number of likely N-dealkylation sites (tertiary alicyclic amines) is 1. The molecule has 1 atom stereocenters. The van der Waals surface area contributed by atoms with Gasteiger partial charge in [0.2, 0.25) is 0 Å². The lowest BCUT2D eigenvalue weighted by molar-refractivity contribution is 0.0310. The van der Waals surface area contributed by atoms with Crippen molar-refractivity contribution in [2.45, 2.75) is 52.2 Å². The molecule has 1 saturated heterocycles. The van der Waals surface area contributed by atoms with Crippen LogP contribution >= 0.6 is 24.0 Å². The molecule has 2 N–H and O–H groups in total. The summed E-state index contributed by atoms with van der Waals surface area (Å²) in [5, 5.41) is 6.80. The van der Waals surface area contributed by atoms with Crippen LogP contribution in [-0.2, 0) is 4.74 Å². The summed E-state index contributed by atoms with van der Waals surface area (Å²) in [7, 11) is 1.72. The van der Waals surface area contributed by atoms with Gasteiger partial charge in [-0.15, -0.1) is 24.0 Å². The third kappa shape index (κ3) is 7.08. The van der Waals surface area contributed by atoms with Gasteiger partial charge in [0.15, 0.2) is 5.96 Å². The number of nitrogens with one attached hydrogen (secondary N) is 2. The second-order valence-corrected chi connectivity index (χ2v) is 7.25. The predicted molar refractivity (Wildman–Crippen MR) is 117 cm³/mol. The van der Waals surface area contributed by atoms with Gasteiger partial charge in [0.1, 0.15) is 11.5 Å². The van der Waals surface area contributed by atoms with E-state index in [0.717, 1.165) is 43.7 Å². The van der Waals surface area contributed by atoms with Crippen LogP contribution in [0.5, 0.6) is 0 Å². The van der Waals surface area contributed by atoms with Crippen LogP contribution in [0.4, 0.5) is 0 Å². The SMILES string of the molecule is CCNC(=NCC(C)(C)OC)NCC(c1ccc(C)o1)N1CCCC1.I. The molecule has 1 aromatic heterocycles. The molecule has 150 valence electrons. The fraction of sp³-hybridized carbons (Fsp3) is 0.737. The zero-order chi connectivity index (χ0) is 18.3. The second-order valence-electron chi connectivity index (χ2n) is 7.25. The lowest BCUT2D eigenvalue weighted by Gasteiger charge is -2.27. The van der Waals surface area contributed by atoms with Crippen LogP contribution in [0.15, 0.2) is 21.5 Å².